The van der Waals surface area contributed by atoms with Gasteiger partial charge in [-0.15, -0.1) is 18.5 Å². The van der Waals surface area contributed by atoms with Crippen LogP contribution < -0.4 is 5.32 Å². The Labute approximate surface area is 90.2 Å². The third-order valence-electron chi connectivity index (χ3n) is 1.33. The molecule has 2 atom stereocenters. The van der Waals surface area contributed by atoms with Crippen LogP contribution in [-0.2, 0) is 0 Å². The smallest absolute Gasteiger partial charge is 0.312 e. The van der Waals surface area contributed by atoms with Crippen molar-refractivity contribution in [2.75, 3.05) is 5.32 Å². The number of rotatable bonds is 3. The summed E-state index contributed by atoms with van der Waals surface area (Å²) in [5.41, 5.74) is -0.213. The number of nitrogens with zero attached hydrogens (tertiary/aromatic N) is 2. The molecule has 14 heavy (non-hydrogen) atoms. The molecule has 1 aromatic heterocycles. The molecule has 1 heterocycles. The third kappa shape index (κ3) is 3.02. The minimum atomic E-state index is -0.529. The lowest BCUT2D eigenvalue weighted by molar-refractivity contribution is -0.384. The van der Waals surface area contributed by atoms with Crippen molar-refractivity contribution in [1.29, 1.82) is 0 Å². The van der Waals surface area contributed by atoms with Crippen LogP contribution >= 0.6 is 30.1 Å². The van der Waals surface area contributed by atoms with E-state index in [1.165, 1.54) is 12.3 Å². The molecule has 0 aliphatic carbocycles. The molecule has 1 aromatic rings. The van der Waals surface area contributed by atoms with Gasteiger partial charge in [0.15, 0.2) is 0 Å². The molecule has 8 heteroatoms. The Morgan fingerprint density at radius 3 is 2.79 bits per heavy atom. The maximum absolute atomic E-state index is 10.6. The Morgan fingerprint density at radius 2 is 2.29 bits per heavy atom. The van der Waals surface area contributed by atoms with Gasteiger partial charge in [-0.3, -0.25) is 10.1 Å². The van der Waals surface area contributed by atoms with Crippen molar-refractivity contribution in [3.8, 4) is 0 Å². The van der Waals surface area contributed by atoms with Crippen molar-refractivity contribution in [3.05, 3.63) is 27.4 Å². The number of aromatic nitrogens is 1. The standard InChI is InChI=1S/C6H8ClN3O2P2/c7-3-1-4(10(11)12)5(8-2-3)9-6(13)14/h1-2,6H,13-14H2,(H,8,9). The van der Waals surface area contributed by atoms with Crippen molar-refractivity contribution in [3.63, 3.8) is 0 Å². The van der Waals surface area contributed by atoms with Crippen LogP contribution in [0.5, 0.6) is 0 Å². The lowest BCUT2D eigenvalue weighted by Crippen LogP contribution is -2.07. The number of halogens is 1. The van der Waals surface area contributed by atoms with Crippen LogP contribution in [0.15, 0.2) is 12.3 Å². The predicted molar refractivity (Wildman–Crippen MR) is 62.7 cm³/mol. The molecule has 1 N–H and O–H groups in total. The second-order valence-electron chi connectivity index (χ2n) is 2.45. The summed E-state index contributed by atoms with van der Waals surface area (Å²) in [5, 5.41) is 13.6. The molecule has 76 valence electrons. The van der Waals surface area contributed by atoms with E-state index < -0.39 is 4.92 Å². The number of pyridine rings is 1. The minimum Gasteiger partial charge on any atom is -0.355 e. The van der Waals surface area contributed by atoms with Gasteiger partial charge in [0, 0.05) is 12.3 Å². The lowest BCUT2D eigenvalue weighted by atomic mass is 10.4. The van der Waals surface area contributed by atoms with Gasteiger partial charge in [-0.2, -0.15) is 0 Å². The molecule has 5 nitrogen and oxygen atoms in total. The van der Waals surface area contributed by atoms with E-state index in [1.807, 2.05) is 0 Å². The van der Waals surface area contributed by atoms with Crippen molar-refractivity contribution >= 4 is 41.6 Å². The van der Waals surface area contributed by atoms with Crippen LogP contribution in [0.4, 0.5) is 11.5 Å². The zero-order valence-electron chi connectivity index (χ0n) is 6.98. The van der Waals surface area contributed by atoms with Gasteiger partial charge < -0.3 is 5.32 Å². The predicted octanol–water partition coefficient (Wildman–Crippen LogP) is 2.09. The largest absolute Gasteiger partial charge is 0.355 e. The lowest BCUT2D eigenvalue weighted by Gasteiger charge is -2.08. The summed E-state index contributed by atoms with van der Waals surface area (Å²) in [4.78, 5) is 13.9. The summed E-state index contributed by atoms with van der Waals surface area (Å²) in [6.07, 6.45) is 1.36. The molecular formula is C6H8ClN3O2P2. The summed E-state index contributed by atoms with van der Waals surface area (Å²) in [6.45, 7) is 0. The number of nitro groups is 1. The summed E-state index contributed by atoms with van der Waals surface area (Å²) in [7, 11) is 4.86. The summed E-state index contributed by atoms with van der Waals surface area (Å²) < 4.78 is 0. The number of hydrogen-bond donors (Lipinski definition) is 1. The molecule has 0 radical (unpaired) electrons. The first-order valence-corrected chi connectivity index (χ1v) is 5.29. The van der Waals surface area contributed by atoms with Gasteiger partial charge in [0.25, 0.3) is 0 Å². The normalized spacial score (nSPS) is 10.3. The fraction of sp³-hybridized carbons (Fsp3) is 0.167. The second kappa shape index (κ2) is 4.83. The summed E-state index contributed by atoms with van der Waals surface area (Å²) in [5.74, 6) is 0.203. The summed E-state index contributed by atoms with van der Waals surface area (Å²) in [6, 6.07) is 1.26. The molecule has 0 aromatic carbocycles. The van der Waals surface area contributed by atoms with Gasteiger partial charge in [-0.1, -0.05) is 11.6 Å². The fourth-order valence-electron chi connectivity index (χ4n) is 0.837. The molecule has 0 spiro atoms. The summed E-state index contributed by atoms with van der Waals surface area (Å²) >= 11 is 5.59. The monoisotopic (exact) mass is 251 g/mol. The van der Waals surface area contributed by atoms with Gasteiger partial charge in [0.2, 0.25) is 5.82 Å². The molecule has 0 saturated carbocycles. The van der Waals surface area contributed by atoms with Gasteiger partial charge in [-0.05, 0) is 0 Å². The van der Waals surface area contributed by atoms with Crippen LogP contribution in [0.2, 0.25) is 5.02 Å². The Hall–Kier alpha value is -0.500. The van der Waals surface area contributed by atoms with Crippen molar-refractivity contribution < 1.29 is 4.92 Å². The molecule has 0 saturated heterocycles. The molecule has 0 bridgehead atoms. The quantitative estimate of drug-likeness (QED) is 0.507. The molecule has 0 amide bonds. The van der Waals surface area contributed by atoms with E-state index >= 15 is 0 Å². The highest BCUT2D eigenvalue weighted by Gasteiger charge is 2.16. The molecular weight excluding hydrogens is 243 g/mol. The van der Waals surface area contributed by atoms with E-state index in [0.29, 0.717) is 0 Å². The van der Waals surface area contributed by atoms with Crippen LogP contribution in [0.25, 0.3) is 0 Å². The molecule has 0 aliphatic heterocycles. The van der Waals surface area contributed by atoms with E-state index in [9.17, 15) is 10.1 Å². The van der Waals surface area contributed by atoms with Crippen molar-refractivity contribution in [1.82, 2.24) is 4.98 Å². The zero-order chi connectivity index (χ0) is 10.7. The van der Waals surface area contributed by atoms with Gasteiger partial charge in [0.1, 0.15) is 0 Å². The zero-order valence-corrected chi connectivity index (χ0v) is 10.0. The Morgan fingerprint density at radius 1 is 1.64 bits per heavy atom. The van der Waals surface area contributed by atoms with E-state index in [4.69, 9.17) is 11.6 Å². The third-order valence-corrected chi connectivity index (χ3v) is 1.87. The molecule has 2 unspecified atom stereocenters. The first-order valence-electron chi connectivity index (χ1n) is 3.58. The Balaban J connectivity index is 3.08. The first kappa shape index (κ1) is 11.6. The van der Waals surface area contributed by atoms with Crippen LogP contribution in [0.1, 0.15) is 0 Å². The van der Waals surface area contributed by atoms with E-state index in [1.54, 1.807) is 0 Å². The van der Waals surface area contributed by atoms with Gasteiger partial charge >= 0.3 is 5.69 Å². The Bertz CT molecular complexity index is 361. The van der Waals surface area contributed by atoms with Gasteiger partial charge in [-0.25, -0.2) is 4.98 Å². The number of nitrogens with one attached hydrogen (secondary N) is 1. The fourth-order valence-corrected chi connectivity index (χ4v) is 1.30. The maximum atomic E-state index is 10.6. The van der Waals surface area contributed by atoms with Crippen molar-refractivity contribution in [2.24, 2.45) is 0 Å². The second-order valence-corrected chi connectivity index (χ2v) is 5.09. The van der Waals surface area contributed by atoms with E-state index in [0.717, 1.165) is 0 Å². The van der Waals surface area contributed by atoms with Crippen LogP contribution in [0, 0.1) is 10.1 Å². The van der Waals surface area contributed by atoms with Gasteiger partial charge in [0.05, 0.1) is 15.5 Å². The van der Waals surface area contributed by atoms with E-state index in [2.05, 4.69) is 28.8 Å². The highest BCUT2D eigenvalue weighted by Crippen LogP contribution is 2.27. The maximum Gasteiger partial charge on any atom is 0.312 e. The van der Waals surface area contributed by atoms with E-state index in [-0.39, 0.29) is 22.1 Å². The van der Waals surface area contributed by atoms with Crippen LogP contribution in [-0.4, -0.2) is 15.4 Å². The molecule has 1 rings (SSSR count). The first-order chi connectivity index (χ1) is 6.50. The van der Waals surface area contributed by atoms with Crippen LogP contribution in [0.3, 0.4) is 0 Å². The Kier molecular flexibility index (Phi) is 3.99. The van der Waals surface area contributed by atoms with Crippen molar-refractivity contribution in [2.45, 2.75) is 5.52 Å². The topological polar surface area (TPSA) is 68.1 Å². The SMILES string of the molecule is O=[N+]([O-])c1cc(Cl)cnc1NC(P)P. The average molecular weight is 252 g/mol. The number of hydrogen-bond acceptors (Lipinski definition) is 4. The minimum absolute atomic E-state index is 0.0811. The highest BCUT2D eigenvalue weighted by atomic mass is 35.5. The molecule has 0 aliphatic rings. The number of anilines is 1. The highest BCUT2D eigenvalue weighted by molar-refractivity contribution is 7.38. The molecule has 0 fully saturated rings. The average Bonchev–Trinajstić information content (AvgIpc) is 2.07.